The van der Waals surface area contributed by atoms with Gasteiger partial charge in [-0.1, -0.05) is 57.0 Å². The van der Waals surface area contributed by atoms with E-state index < -0.39 is 0 Å². The van der Waals surface area contributed by atoms with Crippen LogP contribution in [0.1, 0.15) is 63.5 Å². The number of unbranched alkanes of at least 4 members (excludes halogenated alkanes) is 5. The SMILES string of the molecule is CCCCCCCCC(N)c1ccc(OC)c(Cl)c1OC. The standard InChI is InChI=1S/C17H28ClNO2/c1-4-5-6-7-8-9-10-14(19)13-11-12-15(20-2)16(18)17(13)21-3/h11-12,14H,4-10,19H2,1-3H3. The molecule has 3 nitrogen and oxygen atoms in total. The minimum atomic E-state index is -0.0467. The van der Waals surface area contributed by atoms with Crippen molar-refractivity contribution in [1.82, 2.24) is 0 Å². The third kappa shape index (κ3) is 5.40. The summed E-state index contributed by atoms with van der Waals surface area (Å²) in [6.45, 7) is 2.23. The molecule has 120 valence electrons. The molecule has 0 spiro atoms. The Morgan fingerprint density at radius 3 is 2.33 bits per heavy atom. The van der Waals surface area contributed by atoms with E-state index in [9.17, 15) is 0 Å². The summed E-state index contributed by atoms with van der Waals surface area (Å²) in [7, 11) is 3.21. The minimum Gasteiger partial charge on any atom is -0.495 e. The second-order valence-electron chi connectivity index (χ2n) is 5.37. The number of ether oxygens (including phenoxy) is 2. The second-order valence-corrected chi connectivity index (χ2v) is 5.75. The van der Waals surface area contributed by atoms with Gasteiger partial charge in [0, 0.05) is 11.6 Å². The highest BCUT2D eigenvalue weighted by Crippen LogP contribution is 2.39. The van der Waals surface area contributed by atoms with Crippen molar-refractivity contribution in [3.63, 3.8) is 0 Å². The normalized spacial score (nSPS) is 12.2. The van der Waals surface area contributed by atoms with Crippen LogP contribution in [0.5, 0.6) is 11.5 Å². The second kappa shape index (κ2) is 9.91. The summed E-state index contributed by atoms with van der Waals surface area (Å²) >= 11 is 6.27. The molecule has 0 aliphatic heterocycles. The molecule has 0 bridgehead atoms. The minimum absolute atomic E-state index is 0.0467. The van der Waals surface area contributed by atoms with E-state index in [0.717, 1.165) is 18.4 Å². The van der Waals surface area contributed by atoms with Crippen molar-refractivity contribution >= 4 is 11.6 Å². The molecule has 0 fully saturated rings. The predicted molar refractivity (Wildman–Crippen MR) is 89.5 cm³/mol. The highest BCUT2D eigenvalue weighted by molar-refractivity contribution is 6.33. The molecular formula is C17H28ClNO2. The number of rotatable bonds is 10. The van der Waals surface area contributed by atoms with Gasteiger partial charge in [-0.25, -0.2) is 0 Å². The summed E-state index contributed by atoms with van der Waals surface area (Å²) in [6, 6.07) is 3.75. The van der Waals surface area contributed by atoms with Crippen molar-refractivity contribution in [1.29, 1.82) is 0 Å². The van der Waals surface area contributed by atoms with Gasteiger partial charge in [-0.2, -0.15) is 0 Å². The predicted octanol–water partition coefficient (Wildman–Crippen LogP) is 5.11. The van der Waals surface area contributed by atoms with Crippen LogP contribution in [0, 0.1) is 0 Å². The first-order chi connectivity index (χ1) is 10.2. The lowest BCUT2D eigenvalue weighted by Gasteiger charge is -2.18. The molecular weight excluding hydrogens is 286 g/mol. The maximum absolute atomic E-state index is 6.29. The fourth-order valence-corrected chi connectivity index (χ4v) is 2.84. The number of hydrogen-bond donors (Lipinski definition) is 1. The molecule has 1 unspecified atom stereocenters. The fourth-order valence-electron chi connectivity index (χ4n) is 2.51. The largest absolute Gasteiger partial charge is 0.495 e. The van der Waals surface area contributed by atoms with Crippen molar-refractivity contribution in [3.8, 4) is 11.5 Å². The Hall–Kier alpha value is -0.930. The van der Waals surface area contributed by atoms with Crippen molar-refractivity contribution in [3.05, 3.63) is 22.7 Å². The number of nitrogens with two attached hydrogens (primary N) is 1. The van der Waals surface area contributed by atoms with Crippen LogP contribution in [0.2, 0.25) is 5.02 Å². The topological polar surface area (TPSA) is 44.5 Å². The van der Waals surface area contributed by atoms with Crippen LogP contribution in [-0.4, -0.2) is 14.2 Å². The van der Waals surface area contributed by atoms with E-state index in [1.165, 1.54) is 32.1 Å². The molecule has 0 amide bonds. The van der Waals surface area contributed by atoms with Crippen molar-refractivity contribution in [2.75, 3.05) is 14.2 Å². The fraction of sp³-hybridized carbons (Fsp3) is 0.647. The lowest BCUT2D eigenvalue weighted by atomic mass is 9.99. The summed E-state index contributed by atoms with van der Waals surface area (Å²) in [5.74, 6) is 1.25. The molecule has 0 saturated heterocycles. The molecule has 0 aliphatic rings. The molecule has 0 radical (unpaired) electrons. The molecule has 0 saturated carbocycles. The molecule has 1 rings (SSSR count). The van der Waals surface area contributed by atoms with Crippen LogP contribution >= 0.6 is 11.6 Å². The van der Waals surface area contributed by atoms with Crippen molar-refractivity contribution in [2.45, 2.75) is 57.9 Å². The molecule has 0 aliphatic carbocycles. The third-order valence-corrected chi connectivity index (χ3v) is 4.14. The zero-order chi connectivity index (χ0) is 15.7. The number of methoxy groups -OCH3 is 2. The van der Waals surface area contributed by atoms with Crippen molar-refractivity contribution in [2.24, 2.45) is 5.73 Å². The summed E-state index contributed by atoms with van der Waals surface area (Å²) in [4.78, 5) is 0. The van der Waals surface area contributed by atoms with Gasteiger partial charge in [-0.15, -0.1) is 0 Å². The Morgan fingerprint density at radius 2 is 1.71 bits per heavy atom. The van der Waals surface area contributed by atoms with Crippen LogP contribution in [0.25, 0.3) is 0 Å². The van der Waals surface area contributed by atoms with E-state index in [0.29, 0.717) is 16.5 Å². The molecule has 2 N–H and O–H groups in total. The van der Waals surface area contributed by atoms with E-state index in [2.05, 4.69) is 6.92 Å². The van der Waals surface area contributed by atoms with Crippen LogP contribution in [0.4, 0.5) is 0 Å². The molecule has 0 aromatic heterocycles. The Labute approximate surface area is 133 Å². The van der Waals surface area contributed by atoms with E-state index in [1.807, 2.05) is 12.1 Å². The molecule has 1 aromatic carbocycles. The van der Waals surface area contributed by atoms with Gasteiger partial charge in [-0.3, -0.25) is 0 Å². The first-order valence-electron chi connectivity index (χ1n) is 7.81. The third-order valence-electron chi connectivity index (χ3n) is 3.78. The van der Waals surface area contributed by atoms with Gasteiger partial charge in [0.1, 0.15) is 16.5 Å². The zero-order valence-electron chi connectivity index (χ0n) is 13.5. The summed E-state index contributed by atoms with van der Waals surface area (Å²) in [6.07, 6.45) is 8.54. The van der Waals surface area contributed by atoms with Gasteiger partial charge in [0.05, 0.1) is 14.2 Å². The summed E-state index contributed by atoms with van der Waals surface area (Å²) < 4.78 is 10.6. The molecule has 1 aromatic rings. The highest BCUT2D eigenvalue weighted by atomic mass is 35.5. The molecule has 21 heavy (non-hydrogen) atoms. The monoisotopic (exact) mass is 313 g/mol. The average molecular weight is 314 g/mol. The summed E-state index contributed by atoms with van der Waals surface area (Å²) in [5, 5.41) is 0.496. The number of halogens is 1. The Bertz CT molecular complexity index is 423. The summed E-state index contributed by atoms with van der Waals surface area (Å²) in [5.41, 5.74) is 7.25. The van der Waals surface area contributed by atoms with Crippen molar-refractivity contribution < 1.29 is 9.47 Å². The van der Waals surface area contributed by atoms with Gasteiger partial charge in [0.2, 0.25) is 0 Å². The first-order valence-corrected chi connectivity index (χ1v) is 8.19. The number of benzene rings is 1. The Kier molecular flexibility index (Phi) is 8.55. The van der Waals surface area contributed by atoms with Gasteiger partial charge < -0.3 is 15.2 Å². The van der Waals surface area contributed by atoms with Crippen LogP contribution < -0.4 is 15.2 Å². The quantitative estimate of drug-likeness (QED) is 0.611. The van der Waals surface area contributed by atoms with Gasteiger partial charge in [0.25, 0.3) is 0 Å². The van der Waals surface area contributed by atoms with Crippen LogP contribution in [0.15, 0.2) is 12.1 Å². The smallest absolute Gasteiger partial charge is 0.146 e. The van der Waals surface area contributed by atoms with Gasteiger partial charge in [-0.05, 0) is 18.6 Å². The average Bonchev–Trinajstić information content (AvgIpc) is 2.50. The van der Waals surface area contributed by atoms with E-state index in [1.54, 1.807) is 14.2 Å². The molecule has 0 heterocycles. The van der Waals surface area contributed by atoms with E-state index >= 15 is 0 Å². The molecule has 1 atom stereocenters. The van der Waals surface area contributed by atoms with Gasteiger partial charge in [0.15, 0.2) is 0 Å². The zero-order valence-corrected chi connectivity index (χ0v) is 14.2. The maximum atomic E-state index is 6.29. The van der Waals surface area contributed by atoms with E-state index in [-0.39, 0.29) is 6.04 Å². The highest BCUT2D eigenvalue weighted by Gasteiger charge is 2.17. The van der Waals surface area contributed by atoms with Gasteiger partial charge >= 0.3 is 0 Å². The van der Waals surface area contributed by atoms with Crippen LogP contribution in [0.3, 0.4) is 0 Å². The Morgan fingerprint density at radius 1 is 1.05 bits per heavy atom. The van der Waals surface area contributed by atoms with E-state index in [4.69, 9.17) is 26.8 Å². The number of hydrogen-bond acceptors (Lipinski definition) is 3. The molecule has 4 heteroatoms. The Balaban J connectivity index is 2.57. The lowest BCUT2D eigenvalue weighted by Crippen LogP contribution is -2.12. The lowest BCUT2D eigenvalue weighted by molar-refractivity contribution is 0.387. The van der Waals surface area contributed by atoms with Crippen LogP contribution in [-0.2, 0) is 0 Å². The first kappa shape index (κ1) is 18.1. The maximum Gasteiger partial charge on any atom is 0.146 e.